The largest absolute Gasteiger partial charge is 0.460 e. The summed E-state index contributed by atoms with van der Waals surface area (Å²) in [6.45, 7) is 5.18. The molecule has 0 fully saturated rings. The van der Waals surface area contributed by atoms with Gasteiger partial charge in [-0.05, 0) is 34.8 Å². The molecular weight excluding hydrogens is 306 g/mol. The third-order valence-electron chi connectivity index (χ3n) is 2.66. The second-order valence-electron chi connectivity index (χ2n) is 4.34. The third kappa shape index (κ3) is 3.56. The Morgan fingerprint density at radius 1 is 1.26 bits per heavy atom. The van der Waals surface area contributed by atoms with Gasteiger partial charge in [-0.25, -0.2) is 9.97 Å². The average molecular weight is 324 g/mol. The molecule has 2 aromatic heterocycles. The number of hydrogen-bond acceptors (Lipinski definition) is 4. The van der Waals surface area contributed by atoms with Gasteiger partial charge in [0.15, 0.2) is 11.6 Å². The maximum Gasteiger partial charge on any atom is 0.199 e. The molecule has 2 aromatic rings. The lowest BCUT2D eigenvalue weighted by molar-refractivity contribution is 0.575. The molecule has 0 aliphatic carbocycles. The molecule has 2 heterocycles. The van der Waals surface area contributed by atoms with Crippen LogP contribution in [-0.2, 0) is 6.42 Å². The van der Waals surface area contributed by atoms with Crippen LogP contribution >= 0.6 is 15.9 Å². The van der Waals surface area contributed by atoms with Crippen molar-refractivity contribution in [3.05, 3.63) is 28.6 Å². The predicted octanol–water partition coefficient (Wildman–Crippen LogP) is 4.27. The molecule has 0 atom stereocenters. The van der Waals surface area contributed by atoms with Gasteiger partial charge < -0.3 is 9.73 Å². The van der Waals surface area contributed by atoms with E-state index in [2.05, 4.69) is 45.1 Å². The summed E-state index contributed by atoms with van der Waals surface area (Å²) in [4.78, 5) is 9.07. The van der Waals surface area contributed by atoms with E-state index in [1.54, 1.807) is 6.26 Å². The third-order valence-corrected chi connectivity index (χ3v) is 3.29. The van der Waals surface area contributed by atoms with Crippen LogP contribution in [0.5, 0.6) is 0 Å². The minimum atomic E-state index is 0.626. The standard InChI is InChI=1S/C14H18BrN3O/c1-3-5-10-9-12(16-7-4-2)18-14(17-10)13-11(15)6-8-19-13/h6,8-9H,3-5,7H2,1-2H3,(H,16,17,18). The average Bonchev–Trinajstić information content (AvgIpc) is 2.83. The number of aryl methyl sites for hydroxylation is 1. The van der Waals surface area contributed by atoms with Crippen molar-refractivity contribution >= 4 is 21.7 Å². The normalized spacial score (nSPS) is 10.7. The van der Waals surface area contributed by atoms with Gasteiger partial charge in [0.05, 0.1) is 10.7 Å². The van der Waals surface area contributed by atoms with Crippen molar-refractivity contribution in [1.82, 2.24) is 9.97 Å². The Morgan fingerprint density at radius 2 is 2.11 bits per heavy atom. The summed E-state index contributed by atoms with van der Waals surface area (Å²) in [6.07, 6.45) is 4.69. The van der Waals surface area contributed by atoms with E-state index < -0.39 is 0 Å². The van der Waals surface area contributed by atoms with Crippen molar-refractivity contribution in [3.63, 3.8) is 0 Å². The Hall–Kier alpha value is -1.36. The Kier molecular flexibility index (Phi) is 4.96. The van der Waals surface area contributed by atoms with E-state index in [0.717, 1.165) is 41.8 Å². The van der Waals surface area contributed by atoms with E-state index in [0.29, 0.717) is 11.6 Å². The van der Waals surface area contributed by atoms with E-state index in [-0.39, 0.29) is 0 Å². The van der Waals surface area contributed by atoms with Gasteiger partial charge in [0.2, 0.25) is 0 Å². The number of furan rings is 1. The molecule has 0 unspecified atom stereocenters. The van der Waals surface area contributed by atoms with Crippen LogP contribution in [0.2, 0.25) is 0 Å². The van der Waals surface area contributed by atoms with E-state index >= 15 is 0 Å². The highest BCUT2D eigenvalue weighted by atomic mass is 79.9. The lowest BCUT2D eigenvalue weighted by Gasteiger charge is -2.08. The number of anilines is 1. The molecule has 0 amide bonds. The van der Waals surface area contributed by atoms with Crippen LogP contribution < -0.4 is 5.32 Å². The topological polar surface area (TPSA) is 51.0 Å². The first-order valence-corrected chi connectivity index (χ1v) is 7.39. The fraction of sp³-hybridized carbons (Fsp3) is 0.429. The van der Waals surface area contributed by atoms with Crippen LogP contribution in [0.25, 0.3) is 11.6 Å². The number of aromatic nitrogens is 2. The van der Waals surface area contributed by atoms with Gasteiger partial charge in [-0.2, -0.15) is 0 Å². The molecule has 102 valence electrons. The zero-order valence-electron chi connectivity index (χ0n) is 11.2. The lowest BCUT2D eigenvalue weighted by Crippen LogP contribution is -2.05. The second-order valence-corrected chi connectivity index (χ2v) is 5.20. The zero-order valence-corrected chi connectivity index (χ0v) is 12.8. The highest BCUT2D eigenvalue weighted by molar-refractivity contribution is 9.10. The van der Waals surface area contributed by atoms with Crippen molar-refractivity contribution in [1.29, 1.82) is 0 Å². The number of rotatable bonds is 6. The molecule has 0 radical (unpaired) electrons. The molecule has 0 saturated heterocycles. The molecule has 4 nitrogen and oxygen atoms in total. The summed E-state index contributed by atoms with van der Waals surface area (Å²) in [7, 11) is 0. The summed E-state index contributed by atoms with van der Waals surface area (Å²) in [6, 6.07) is 3.86. The lowest BCUT2D eigenvalue weighted by atomic mass is 10.2. The van der Waals surface area contributed by atoms with Gasteiger partial charge in [-0.15, -0.1) is 0 Å². The van der Waals surface area contributed by atoms with E-state index in [4.69, 9.17) is 4.42 Å². The number of nitrogens with zero attached hydrogens (tertiary/aromatic N) is 2. The monoisotopic (exact) mass is 323 g/mol. The van der Waals surface area contributed by atoms with Crippen molar-refractivity contribution in [2.24, 2.45) is 0 Å². The van der Waals surface area contributed by atoms with Crippen LogP contribution in [0.15, 0.2) is 27.3 Å². The van der Waals surface area contributed by atoms with E-state index in [1.165, 1.54) is 0 Å². The summed E-state index contributed by atoms with van der Waals surface area (Å²) in [5.41, 5.74) is 1.04. The number of nitrogens with one attached hydrogen (secondary N) is 1. The predicted molar refractivity (Wildman–Crippen MR) is 80.2 cm³/mol. The van der Waals surface area contributed by atoms with Crippen LogP contribution in [0.1, 0.15) is 32.4 Å². The number of halogens is 1. The van der Waals surface area contributed by atoms with Gasteiger partial charge in [0.25, 0.3) is 0 Å². The molecule has 0 aromatic carbocycles. The molecule has 0 bridgehead atoms. The molecule has 19 heavy (non-hydrogen) atoms. The van der Waals surface area contributed by atoms with Gasteiger partial charge in [-0.3, -0.25) is 0 Å². The fourth-order valence-electron chi connectivity index (χ4n) is 1.78. The molecule has 0 aliphatic heterocycles. The van der Waals surface area contributed by atoms with E-state index in [1.807, 2.05) is 12.1 Å². The zero-order chi connectivity index (χ0) is 13.7. The van der Waals surface area contributed by atoms with Crippen molar-refractivity contribution in [3.8, 4) is 11.6 Å². The Bertz CT molecular complexity index is 539. The summed E-state index contributed by atoms with van der Waals surface area (Å²) >= 11 is 3.45. The minimum absolute atomic E-state index is 0.626. The second kappa shape index (κ2) is 6.70. The summed E-state index contributed by atoms with van der Waals surface area (Å²) in [5, 5.41) is 3.31. The van der Waals surface area contributed by atoms with Crippen LogP contribution in [0.3, 0.4) is 0 Å². The van der Waals surface area contributed by atoms with Crippen LogP contribution in [0, 0.1) is 0 Å². The first kappa shape index (κ1) is 14.1. The van der Waals surface area contributed by atoms with Crippen LogP contribution in [-0.4, -0.2) is 16.5 Å². The quantitative estimate of drug-likeness (QED) is 0.862. The molecule has 1 N–H and O–H groups in total. The van der Waals surface area contributed by atoms with Crippen LogP contribution in [0.4, 0.5) is 5.82 Å². The molecular formula is C14H18BrN3O. The molecule has 2 rings (SSSR count). The highest BCUT2D eigenvalue weighted by Gasteiger charge is 2.12. The fourth-order valence-corrected chi connectivity index (χ4v) is 2.16. The summed E-state index contributed by atoms with van der Waals surface area (Å²) < 4.78 is 6.32. The first-order valence-electron chi connectivity index (χ1n) is 6.59. The maximum atomic E-state index is 5.44. The molecule has 5 heteroatoms. The van der Waals surface area contributed by atoms with Gasteiger partial charge >= 0.3 is 0 Å². The molecule has 0 aliphatic rings. The molecule has 0 spiro atoms. The summed E-state index contributed by atoms with van der Waals surface area (Å²) in [5.74, 6) is 2.16. The van der Waals surface area contributed by atoms with E-state index in [9.17, 15) is 0 Å². The number of hydrogen-bond donors (Lipinski definition) is 1. The highest BCUT2D eigenvalue weighted by Crippen LogP contribution is 2.27. The minimum Gasteiger partial charge on any atom is -0.460 e. The SMILES string of the molecule is CCCNc1cc(CCC)nc(-c2occc2Br)n1. The van der Waals surface area contributed by atoms with Crippen molar-refractivity contribution < 1.29 is 4.42 Å². The van der Waals surface area contributed by atoms with Crippen molar-refractivity contribution in [2.75, 3.05) is 11.9 Å². The van der Waals surface area contributed by atoms with Gasteiger partial charge in [-0.1, -0.05) is 20.3 Å². The molecule has 0 saturated carbocycles. The smallest absolute Gasteiger partial charge is 0.199 e. The maximum absolute atomic E-state index is 5.44. The Balaban J connectivity index is 2.36. The van der Waals surface area contributed by atoms with Crippen molar-refractivity contribution in [2.45, 2.75) is 33.1 Å². The Labute approximate surface area is 121 Å². The van der Waals surface area contributed by atoms with Gasteiger partial charge in [0.1, 0.15) is 5.82 Å². The Morgan fingerprint density at radius 3 is 2.74 bits per heavy atom. The first-order chi connectivity index (χ1) is 9.24. The van der Waals surface area contributed by atoms with Gasteiger partial charge in [0, 0.05) is 18.3 Å².